The molecule has 0 saturated heterocycles. The number of hydrogen-bond donors (Lipinski definition) is 1. The molecule has 0 radical (unpaired) electrons. The normalized spacial score (nSPS) is 12.4. The lowest BCUT2D eigenvalue weighted by molar-refractivity contribution is 0.0996. The molecule has 4 nitrogen and oxygen atoms in total. The van der Waals surface area contributed by atoms with Crippen LogP contribution in [-0.2, 0) is 0 Å². The van der Waals surface area contributed by atoms with Gasteiger partial charge in [0.15, 0.2) is 4.88 Å². The van der Waals surface area contributed by atoms with Crippen molar-refractivity contribution in [3.05, 3.63) is 9.88 Å². The third-order valence-corrected chi connectivity index (χ3v) is 3.92. The van der Waals surface area contributed by atoms with Crippen LogP contribution in [-0.4, -0.2) is 17.0 Å². The summed E-state index contributed by atoms with van der Waals surface area (Å²) in [4.78, 5) is 15.9. The third kappa shape index (κ3) is 5.59. The lowest BCUT2D eigenvalue weighted by atomic mass is 10.1. The minimum absolute atomic E-state index is 0.0706. The highest BCUT2D eigenvalue weighted by molar-refractivity contribution is 7.13. The average molecular weight is 284 g/mol. The van der Waals surface area contributed by atoms with Crippen LogP contribution in [0.2, 0.25) is 0 Å². The molecule has 19 heavy (non-hydrogen) atoms. The van der Waals surface area contributed by atoms with Crippen LogP contribution in [0.4, 0.5) is 0 Å². The summed E-state index contributed by atoms with van der Waals surface area (Å²) < 4.78 is 5.73. The van der Waals surface area contributed by atoms with E-state index in [2.05, 4.69) is 11.9 Å². The number of primary amides is 1. The number of nitrogens with two attached hydrogens (primary N) is 1. The maximum atomic E-state index is 11.3. The summed E-state index contributed by atoms with van der Waals surface area (Å²) in [5, 5.41) is 0.805. The van der Waals surface area contributed by atoms with Crippen molar-refractivity contribution in [2.45, 2.75) is 65.4 Å². The number of ether oxygens (including phenoxy) is 1. The third-order valence-electron chi connectivity index (χ3n) is 2.95. The van der Waals surface area contributed by atoms with Gasteiger partial charge < -0.3 is 10.5 Å². The first-order valence-electron chi connectivity index (χ1n) is 6.98. The number of unbranched alkanes of at least 4 members (excludes halogenated alkanes) is 4. The average Bonchev–Trinajstić information content (AvgIpc) is 2.70. The Bertz CT molecular complexity index is 404. The van der Waals surface area contributed by atoms with Gasteiger partial charge in [-0.1, -0.05) is 32.6 Å². The largest absolute Gasteiger partial charge is 0.473 e. The van der Waals surface area contributed by atoms with Crippen LogP contribution in [0.15, 0.2) is 0 Å². The number of amides is 1. The molecule has 1 amide bonds. The van der Waals surface area contributed by atoms with Crippen molar-refractivity contribution in [3.63, 3.8) is 0 Å². The second-order valence-corrected chi connectivity index (χ2v) is 6.07. The predicted octanol–water partition coefficient (Wildman–Crippen LogP) is 3.68. The fraction of sp³-hybridized carbons (Fsp3) is 0.714. The first-order valence-corrected chi connectivity index (χ1v) is 7.80. The van der Waals surface area contributed by atoms with Gasteiger partial charge in [-0.05, 0) is 26.7 Å². The Morgan fingerprint density at radius 2 is 2.05 bits per heavy atom. The topological polar surface area (TPSA) is 65.2 Å². The van der Waals surface area contributed by atoms with Gasteiger partial charge in [-0.15, -0.1) is 11.3 Å². The number of thiazole rings is 1. The zero-order valence-electron chi connectivity index (χ0n) is 12.1. The van der Waals surface area contributed by atoms with Crippen LogP contribution in [0.3, 0.4) is 0 Å². The SMILES string of the molecule is CCCCCCCC(C)Oc1nc(C)sc1C(N)=O. The summed E-state index contributed by atoms with van der Waals surface area (Å²) in [5.74, 6) is -0.0631. The van der Waals surface area contributed by atoms with E-state index < -0.39 is 5.91 Å². The summed E-state index contributed by atoms with van der Waals surface area (Å²) in [6.07, 6.45) is 7.28. The zero-order chi connectivity index (χ0) is 14.3. The molecular weight excluding hydrogens is 260 g/mol. The van der Waals surface area contributed by atoms with E-state index in [9.17, 15) is 4.79 Å². The quantitative estimate of drug-likeness (QED) is 0.703. The standard InChI is InChI=1S/C14H24N2O2S/c1-4-5-6-7-8-9-10(2)18-14-12(13(15)17)19-11(3)16-14/h10H,4-9H2,1-3H3,(H2,15,17). The summed E-state index contributed by atoms with van der Waals surface area (Å²) in [7, 11) is 0. The van der Waals surface area contributed by atoms with Crippen molar-refractivity contribution < 1.29 is 9.53 Å². The van der Waals surface area contributed by atoms with Crippen LogP contribution < -0.4 is 10.5 Å². The molecule has 1 unspecified atom stereocenters. The highest BCUT2D eigenvalue weighted by Crippen LogP contribution is 2.25. The van der Waals surface area contributed by atoms with Crippen LogP contribution in [0.25, 0.3) is 0 Å². The zero-order valence-corrected chi connectivity index (χ0v) is 12.9. The molecule has 1 rings (SSSR count). The van der Waals surface area contributed by atoms with E-state index in [1.807, 2.05) is 13.8 Å². The Kier molecular flexibility index (Phi) is 6.84. The van der Waals surface area contributed by atoms with Crippen LogP contribution in [0.5, 0.6) is 5.88 Å². The van der Waals surface area contributed by atoms with Crippen LogP contribution >= 0.6 is 11.3 Å². The maximum Gasteiger partial charge on any atom is 0.264 e. The molecule has 0 fully saturated rings. The van der Waals surface area contributed by atoms with Gasteiger partial charge in [-0.2, -0.15) is 0 Å². The van der Waals surface area contributed by atoms with Crippen molar-refractivity contribution in [3.8, 4) is 5.88 Å². The molecule has 108 valence electrons. The van der Waals surface area contributed by atoms with Crippen molar-refractivity contribution in [1.29, 1.82) is 0 Å². The predicted molar refractivity (Wildman–Crippen MR) is 78.8 cm³/mol. The molecule has 0 aliphatic carbocycles. The van der Waals surface area contributed by atoms with Crippen molar-refractivity contribution in [2.24, 2.45) is 5.73 Å². The smallest absolute Gasteiger partial charge is 0.264 e. The number of carbonyl (C=O) groups is 1. The van der Waals surface area contributed by atoms with Gasteiger partial charge in [0.05, 0.1) is 11.1 Å². The molecule has 1 aromatic heterocycles. The Balaban J connectivity index is 2.39. The lowest BCUT2D eigenvalue weighted by Gasteiger charge is -2.13. The minimum Gasteiger partial charge on any atom is -0.473 e. The van der Waals surface area contributed by atoms with Gasteiger partial charge in [0.2, 0.25) is 5.88 Å². The Morgan fingerprint density at radius 1 is 1.37 bits per heavy atom. The van der Waals surface area contributed by atoms with E-state index in [1.54, 1.807) is 0 Å². The van der Waals surface area contributed by atoms with Crippen LogP contribution in [0.1, 0.15) is 67.1 Å². The molecule has 0 aliphatic heterocycles. The van der Waals surface area contributed by atoms with Gasteiger partial charge in [0.1, 0.15) is 0 Å². The number of carbonyl (C=O) groups excluding carboxylic acids is 1. The van der Waals surface area contributed by atoms with Gasteiger partial charge in [-0.3, -0.25) is 4.79 Å². The fourth-order valence-electron chi connectivity index (χ4n) is 1.93. The second-order valence-electron chi connectivity index (χ2n) is 4.86. The Labute approximate surface area is 119 Å². The van der Waals surface area contributed by atoms with Crippen molar-refractivity contribution in [2.75, 3.05) is 0 Å². The van der Waals surface area contributed by atoms with E-state index in [0.29, 0.717) is 10.8 Å². The second kappa shape index (κ2) is 8.15. The molecule has 5 heteroatoms. The highest BCUT2D eigenvalue weighted by Gasteiger charge is 2.17. The van der Waals surface area contributed by atoms with Gasteiger partial charge >= 0.3 is 0 Å². The molecule has 1 atom stereocenters. The highest BCUT2D eigenvalue weighted by atomic mass is 32.1. The molecule has 0 saturated carbocycles. The van der Waals surface area contributed by atoms with Gasteiger partial charge in [-0.25, -0.2) is 4.98 Å². The molecular formula is C14H24N2O2S. The summed E-state index contributed by atoms with van der Waals surface area (Å²) in [6.45, 7) is 6.07. The number of aromatic nitrogens is 1. The summed E-state index contributed by atoms with van der Waals surface area (Å²) in [6, 6.07) is 0. The summed E-state index contributed by atoms with van der Waals surface area (Å²) in [5.41, 5.74) is 5.31. The molecule has 2 N–H and O–H groups in total. The van der Waals surface area contributed by atoms with E-state index in [1.165, 1.54) is 37.0 Å². The van der Waals surface area contributed by atoms with E-state index >= 15 is 0 Å². The number of rotatable bonds is 9. The fourth-order valence-corrected chi connectivity index (χ4v) is 2.63. The minimum atomic E-state index is -0.462. The summed E-state index contributed by atoms with van der Waals surface area (Å²) >= 11 is 1.29. The van der Waals surface area contributed by atoms with Crippen molar-refractivity contribution in [1.82, 2.24) is 4.98 Å². The molecule has 1 aromatic rings. The van der Waals surface area contributed by atoms with E-state index in [4.69, 9.17) is 10.5 Å². The number of nitrogens with zero attached hydrogens (tertiary/aromatic N) is 1. The number of aryl methyl sites for hydroxylation is 1. The lowest BCUT2D eigenvalue weighted by Crippen LogP contribution is -2.16. The van der Waals surface area contributed by atoms with Gasteiger partial charge in [0.25, 0.3) is 5.91 Å². The van der Waals surface area contributed by atoms with E-state index in [0.717, 1.165) is 17.8 Å². The molecule has 0 spiro atoms. The Hall–Kier alpha value is -1.10. The molecule has 1 heterocycles. The monoisotopic (exact) mass is 284 g/mol. The maximum absolute atomic E-state index is 11.3. The van der Waals surface area contributed by atoms with Gasteiger partial charge in [0, 0.05) is 0 Å². The Morgan fingerprint density at radius 3 is 2.68 bits per heavy atom. The molecule has 0 bridgehead atoms. The van der Waals surface area contributed by atoms with E-state index in [-0.39, 0.29) is 6.10 Å². The molecule has 0 aliphatic rings. The first-order chi connectivity index (χ1) is 9.04. The number of hydrogen-bond acceptors (Lipinski definition) is 4. The first kappa shape index (κ1) is 16.0. The van der Waals surface area contributed by atoms with Crippen molar-refractivity contribution >= 4 is 17.2 Å². The van der Waals surface area contributed by atoms with Crippen LogP contribution in [0, 0.1) is 6.92 Å². The molecule has 0 aromatic carbocycles.